The fourth-order valence-electron chi connectivity index (χ4n) is 2.71. The molecular weight excluding hydrogens is 314 g/mol. The highest BCUT2D eigenvalue weighted by Crippen LogP contribution is 2.24. The molecule has 1 aromatic carbocycles. The highest BCUT2D eigenvalue weighted by molar-refractivity contribution is 6.30. The third-order valence-electron chi connectivity index (χ3n) is 3.85. The Morgan fingerprint density at radius 2 is 2.09 bits per heavy atom. The van der Waals surface area contributed by atoms with E-state index >= 15 is 0 Å². The fraction of sp³-hybridized carbons (Fsp3) is 0.529. The van der Waals surface area contributed by atoms with Gasteiger partial charge in [-0.3, -0.25) is 4.90 Å². The minimum Gasteiger partial charge on any atom is -0.371 e. The Balaban J connectivity index is 1.60. The highest BCUT2D eigenvalue weighted by atomic mass is 35.5. The zero-order valence-corrected chi connectivity index (χ0v) is 14.3. The Labute approximate surface area is 141 Å². The van der Waals surface area contributed by atoms with Crippen molar-refractivity contribution in [3.05, 3.63) is 46.6 Å². The predicted octanol–water partition coefficient (Wildman–Crippen LogP) is 3.50. The summed E-state index contributed by atoms with van der Waals surface area (Å²) in [4.78, 5) is 6.77. The van der Waals surface area contributed by atoms with E-state index in [1.807, 2.05) is 24.3 Å². The van der Waals surface area contributed by atoms with Crippen LogP contribution < -0.4 is 0 Å². The van der Waals surface area contributed by atoms with Crippen LogP contribution in [0.1, 0.15) is 37.2 Å². The van der Waals surface area contributed by atoms with Gasteiger partial charge in [0.25, 0.3) is 0 Å². The van der Waals surface area contributed by atoms with Gasteiger partial charge in [-0.25, -0.2) is 0 Å². The van der Waals surface area contributed by atoms with Crippen molar-refractivity contribution in [1.82, 2.24) is 15.0 Å². The molecule has 0 saturated carbocycles. The summed E-state index contributed by atoms with van der Waals surface area (Å²) in [5, 5.41) is 4.83. The molecule has 2 aromatic rings. The monoisotopic (exact) mass is 335 g/mol. The number of halogens is 1. The van der Waals surface area contributed by atoms with Gasteiger partial charge in [0.1, 0.15) is 0 Å². The Morgan fingerprint density at radius 3 is 2.83 bits per heavy atom. The summed E-state index contributed by atoms with van der Waals surface area (Å²) in [7, 11) is 0. The number of ether oxygens (including phenoxy) is 1. The van der Waals surface area contributed by atoms with E-state index in [-0.39, 0.29) is 6.10 Å². The van der Waals surface area contributed by atoms with Crippen molar-refractivity contribution in [3.8, 4) is 0 Å². The average molecular weight is 336 g/mol. The fourth-order valence-corrected chi connectivity index (χ4v) is 2.84. The van der Waals surface area contributed by atoms with Crippen molar-refractivity contribution in [3.63, 3.8) is 0 Å². The summed E-state index contributed by atoms with van der Waals surface area (Å²) in [6.45, 7) is 7.36. The van der Waals surface area contributed by atoms with Gasteiger partial charge in [0.2, 0.25) is 5.89 Å². The lowest BCUT2D eigenvalue weighted by Gasteiger charge is -2.32. The van der Waals surface area contributed by atoms with Gasteiger partial charge in [0.15, 0.2) is 5.82 Å². The molecule has 0 bridgehead atoms. The number of morpholine rings is 1. The highest BCUT2D eigenvalue weighted by Gasteiger charge is 2.23. The maximum Gasteiger partial charge on any atom is 0.226 e. The quantitative estimate of drug-likeness (QED) is 0.837. The first-order valence-electron chi connectivity index (χ1n) is 8.01. The normalized spacial score (nSPS) is 19.4. The molecule has 5 nitrogen and oxygen atoms in total. The van der Waals surface area contributed by atoms with Crippen LogP contribution in [0.3, 0.4) is 0 Å². The Kier molecular flexibility index (Phi) is 5.30. The number of hydrogen-bond donors (Lipinski definition) is 0. The smallest absolute Gasteiger partial charge is 0.226 e. The van der Waals surface area contributed by atoms with E-state index < -0.39 is 0 Å². The number of rotatable bonds is 5. The molecule has 1 atom stereocenters. The van der Waals surface area contributed by atoms with Crippen LogP contribution in [-0.4, -0.2) is 34.7 Å². The molecule has 1 aliphatic heterocycles. The van der Waals surface area contributed by atoms with Crippen molar-refractivity contribution in [2.45, 2.75) is 32.9 Å². The first kappa shape index (κ1) is 16.4. The molecular formula is C17H22ClN3O2. The van der Waals surface area contributed by atoms with E-state index in [0.29, 0.717) is 19.1 Å². The molecule has 1 aliphatic rings. The number of benzene rings is 1. The molecule has 0 radical (unpaired) electrons. The molecule has 0 unspecified atom stereocenters. The molecule has 1 aromatic heterocycles. The van der Waals surface area contributed by atoms with Crippen molar-refractivity contribution in [2.24, 2.45) is 5.92 Å². The number of aromatic nitrogens is 2. The standard InChI is InChI=1S/C17H22ClN3O2/c1-12(2)9-17-19-16(20-23-17)11-21-7-8-22-15(10-21)13-3-5-14(18)6-4-13/h3-6,12,15H,7-11H2,1-2H3/t15-/m1/s1. The maximum atomic E-state index is 5.95. The molecule has 1 fully saturated rings. The topological polar surface area (TPSA) is 51.4 Å². The largest absolute Gasteiger partial charge is 0.371 e. The predicted molar refractivity (Wildman–Crippen MR) is 88.3 cm³/mol. The van der Waals surface area contributed by atoms with Gasteiger partial charge in [0.05, 0.1) is 19.3 Å². The summed E-state index contributed by atoms with van der Waals surface area (Å²) in [6.07, 6.45) is 0.881. The minimum absolute atomic E-state index is 0.0584. The third kappa shape index (κ3) is 4.53. The molecule has 124 valence electrons. The molecule has 0 aliphatic carbocycles. The minimum atomic E-state index is 0.0584. The van der Waals surface area contributed by atoms with Crippen LogP contribution in [0.15, 0.2) is 28.8 Å². The molecule has 6 heteroatoms. The van der Waals surface area contributed by atoms with Gasteiger partial charge in [-0.1, -0.05) is 42.7 Å². The lowest BCUT2D eigenvalue weighted by molar-refractivity contribution is -0.0338. The summed E-state index contributed by atoms with van der Waals surface area (Å²) >= 11 is 5.95. The second kappa shape index (κ2) is 7.43. The third-order valence-corrected chi connectivity index (χ3v) is 4.10. The maximum absolute atomic E-state index is 5.95. The van der Waals surface area contributed by atoms with Crippen molar-refractivity contribution >= 4 is 11.6 Å². The molecule has 1 saturated heterocycles. The van der Waals surface area contributed by atoms with E-state index in [1.54, 1.807) is 0 Å². The Bertz CT molecular complexity index is 627. The lowest BCUT2D eigenvalue weighted by Crippen LogP contribution is -2.38. The summed E-state index contributed by atoms with van der Waals surface area (Å²) < 4.78 is 11.2. The van der Waals surface area contributed by atoms with Crippen LogP contribution in [0.2, 0.25) is 5.02 Å². The van der Waals surface area contributed by atoms with E-state index in [2.05, 4.69) is 28.9 Å². The van der Waals surface area contributed by atoms with Gasteiger partial charge < -0.3 is 9.26 Å². The van der Waals surface area contributed by atoms with Crippen LogP contribution in [-0.2, 0) is 17.7 Å². The van der Waals surface area contributed by atoms with E-state index in [9.17, 15) is 0 Å². The second-order valence-electron chi connectivity index (χ2n) is 6.35. The number of nitrogens with zero attached hydrogens (tertiary/aromatic N) is 3. The summed E-state index contributed by atoms with van der Waals surface area (Å²) in [5.74, 6) is 1.98. The first-order valence-corrected chi connectivity index (χ1v) is 8.39. The Hall–Kier alpha value is -1.43. The molecule has 23 heavy (non-hydrogen) atoms. The lowest BCUT2D eigenvalue weighted by atomic mass is 10.1. The first-order chi connectivity index (χ1) is 11.1. The van der Waals surface area contributed by atoms with Crippen LogP contribution in [0.25, 0.3) is 0 Å². The van der Waals surface area contributed by atoms with Crippen molar-refractivity contribution in [1.29, 1.82) is 0 Å². The van der Waals surface area contributed by atoms with Gasteiger partial charge in [0, 0.05) is 24.5 Å². The van der Waals surface area contributed by atoms with E-state index in [0.717, 1.165) is 41.8 Å². The second-order valence-corrected chi connectivity index (χ2v) is 6.78. The molecule has 0 spiro atoms. The van der Waals surface area contributed by atoms with Gasteiger partial charge in [-0.2, -0.15) is 4.98 Å². The van der Waals surface area contributed by atoms with E-state index in [1.165, 1.54) is 0 Å². The molecule has 0 N–H and O–H groups in total. The van der Waals surface area contributed by atoms with Crippen LogP contribution in [0.5, 0.6) is 0 Å². The molecule has 2 heterocycles. The van der Waals surface area contributed by atoms with Crippen LogP contribution in [0, 0.1) is 5.92 Å². The average Bonchev–Trinajstić information content (AvgIpc) is 2.94. The summed E-state index contributed by atoms with van der Waals surface area (Å²) in [6, 6.07) is 7.84. The van der Waals surface area contributed by atoms with Crippen LogP contribution >= 0.6 is 11.6 Å². The SMILES string of the molecule is CC(C)Cc1nc(CN2CCO[C@@H](c3ccc(Cl)cc3)C2)no1. The van der Waals surface area contributed by atoms with Crippen molar-refractivity contribution in [2.75, 3.05) is 19.7 Å². The zero-order chi connectivity index (χ0) is 16.2. The molecule has 3 rings (SSSR count). The van der Waals surface area contributed by atoms with Gasteiger partial charge in [-0.05, 0) is 23.6 Å². The zero-order valence-electron chi connectivity index (χ0n) is 13.5. The Morgan fingerprint density at radius 1 is 1.30 bits per heavy atom. The summed E-state index contributed by atoms with van der Waals surface area (Å²) in [5.41, 5.74) is 1.15. The van der Waals surface area contributed by atoms with Crippen LogP contribution in [0.4, 0.5) is 0 Å². The van der Waals surface area contributed by atoms with Crippen molar-refractivity contribution < 1.29 is 9.26 Å². The van der Waals surface area contributed by atoms with E-state index in [4.69, 9.17) is 20.9 Å². The number of hydrogen-bond acceptors (Lipinski definition) is 5. The van der Waals surface area contributed by atoms with Gasteiger partial charge in [-0.15, -0.1) is 0 Å². The molecule has 0 amide bonds. The van der Waals surface area contributed by atoms with Gasteiger partial charge >= 0.3 is 0 Å².